The Kier molecular flexibility index (Phi) is 4.04. The molecule has 1 unspecified atom stereocenters. The van der Waals surface area contributed by atoms with Gasteiger partial charge in [0.1, 0.15) is 12.4 Å². The van der Waals surface area contributed by atoms with E-state index in [1.807, 2.05) is 0 Å². The summed E-state index contributed by atoms with van der Waals surface area (Å²) in [6, 6.07) is 1.59. The Morgan fingerprint density at radius 2 is 2.20 bits per heavy atom. The average Bonchev–Trinajstić information content (AvgIpc) is 1.87. The van der Waals surface area contributed by atoms with Crippen molar-refractivity contribution >= 4 is 41.1 Å². The van der Waals surface area contributed by atoms with Gasteiger partial charge in [-0.1, -0.05) is 23.2 Å². The van der Waals surface area contributed by atoms with Gasteiger partial charge in [0.15, 0.2) is 0 Å². The summed E-state index contributed by atoms with van der Waals surface area (Å²) < 4.78 is -1.55. The van der Waals surface area contributed by atoms with E-state index in [0.717, 1.165) is 0 Å². The molecule has 5 heteroatoms. The van der Waals surface area contributed by atoms with Crippen LogP contribution in [-0.2, 0) is 4.79 Å². The molecule has 0 aliphatic heterocycles. The number of aldehydes is 1. The van der Waals surface area contributed by atoms with E-state index < -0.39 is 9.71 Å². The van der Waals surface area contributed by atoms with Crippen molar-refractivity contribution in [3.8, 4) is 6.07 Å². The summed E-state index contributed by atoms with van der Waals surface area (Å²) in [7, 11) is 0. The molecular weight excluding hydrogens is 196 g/mol. The maximum atomic E-state index is 9.94. The van der Waals surface area contributed by atoms with Gasteiger partial charge in [-0.05, 0) is 0 Å². The van der Waals surface area contributed by atoms with E-state index in [4.69, 9.17) is 40.1 Å². The third kappa shape index (κ3) is 3.94. The largest absolute Gasteiger partial charge is 0.302 e. The first-order valence-corrected chi connectivity index (χ1v) is 3.59. The summed E-state index contributed by atoms with van der Waals surface area (Å²) in [4.78, 5) is 9.94. The highest BCUT2D eigenvalue weighted by Gasteiger charge is 2.26. The Bertz CT molecular complexity index is 163. The fourth-order valence-corrected chi connectivity index (χ4v) is 1.06. The molecule has 0 heterocycles. The molecule has 0 aliphatic rings. The predicted octanol–water partition coefficient (Wildman–Crippen LogP) is 1.88. The molecule has 10 heavy (non-hydrogen) atoms. The molecule has 0 rings (SSSR count). The van der Waals surface area contributed by atoms with Gasteiger partial charge in [0, 0.05) is 6.42 Å². The van der Waals surface area contributed by atoms with Crippen molar-refractivity contribution in [2.45, 2.75) is 16.1 Å². The number of hydrogen-bond acceptors (Lipinski definition) is 2. The van der Waals surface area contributed by atoms with Crippen LogP contribution in [0.25, 0.3) is 0 Å². The highest BCUT2D eigenvalue weighted by molar-refractivity contribution is 6.51. The van der Waals surface area contributed by atoms with E-state index in [0.29, 0.717) is 6.29 Å². The molecule has 0 bridgehead atoms. The van der Waals surface area contributed by atoms with Crippen molar-refractivity contribution < 1.29 is 4.79 Å². The van der Waals surface area contributed by atoms with Gasteiger partial charge >= 0.3 is 0 Å². The first-order valence-electron chi connectivity index (χ1n) is 2.40. The van der Waals surface area contributed by atoms with Crippen LogP contribution in [0.5, 0.6) is 0 Å². The van der Waals surface area contributed by atoms with Crippen molar-refractivity contribution in [2.75, 3.05) is 0 Å². The van der Waals surface area contributed by atoms with Crippen LogP contribution < -0.4 is 0 Å². The summed E-state index contributed by atoms with van der Waals surface area (Å²) in [5.74, 6) is 0. The zero-order valence-electron chi connectivity index (χ0n) is 4.85. The second-order valence-corrected chi connectivity index (χ2v) is 3.72. The van der Waals surface area contributed by atoms with Crippen LogP contribution in [0.1, 0.15) is 6.42 Å². The maximum Gasteiger partial charge on any atom is 0.205 e. The van der Waals surface area contributed by atoms with E-state index in [1.165, 1.54) is 0 Å². The summed E-state index contributed by atoms with van der Waals surface area (Å²) in [5.41, 5.74) is 0. The minimum Gasteiger partial charge on any atom is -0.302 e. The van der Waals surface area contributed by atoms with Crippen LogP contribution >= 0.6 is 34.8 Å². The molecule has 0 aliphatic carbocycles. The zero-order valence-corrected chi connectivity index (χ0v) is 7.12. The van der Waals surface area contributed by atoms with Gasteiger partial charge in [-0.15, -0.1) is 11.6 Å². The Balaban J connectivity index is 3.91. The number of hydrogen-bond donors (Lipinski definition) is 0. The molecule has 0 saturated heterocycles. The fraction of sp³-hybridized carbons (Fsp3) is 0.600. The minimum atomic E-state index is -1.55. The lowest BCUT2D eigenvalue weighted by Crippen LogP contribution is -2.16. The van der Waals surface area contributed by atoms with Gasteiger partial charge in [0.05, 0.1) is 5.38 Å². The summed E-state index contributed by atoms with van der Waals surface area (Å²) in [6.45, 7) is 0. The number of alkyl halides is 3. The Morgan fingerprint density at radius 3 is 2.50 bits per heavy atom. The Morgan fingerprint density at radius 1 is 1.70 bits per heavy atom. The standard InChI is InChI=1S/C5H4Cl3NO/c6-4(2-10)1-5(7,8)3-9/h2,4H,1H2. The fourth-order valence-electron chi connectivity index (χ4n) is 0.339. The van der Waals surface area contributed by atoms with E-state index in [2.05, 4.69) is 0 Å². The minimum absolute atomic E-state index is 0.0579. The van der Waals surface area contributed by atoms with Gasteiger partial charge in [-0.25, -0.2) is 0 Å². The third-order valence-corrected chi connectivity index (χ3v) is 1.50. The molecule has 0 spiro atoms. The second-order valence-electron chi connectivity index (χ2n) is 1.67. The molecule has 0 aromatic rings. The molecule has 0 saturated carbocycles. The van der Waals surface area contributed by atoms with Gasteiger partial charge in [-0.3, -0.25) is 0 Å². The maximum absolute atomic E-state index is 9.94. The molecule has 1 atom stereocenters. The molecule has 0 aromatic carbocycles. The smallest absolute Gasteiger partial charge is 0.205 e. The van der Waals surface area contributed by atoms with Crippen molar-refractivity contribution in [2.24, 2.45) is 0 Å². The highest BCUT2D eigenvalue weighted by Crippen LogP contribution is 2.26. The predicted molar refractivity (Wildman–Crippen MR) is 40.4 cm³/mol. The van der Waals surface area contributed by atoms with Crippen LogP contribution in [0.2, 0.25) is 0 Å². The number of nitriles is 1. The van der Waals surface area contributed by atoms with Crippen molar-refractivity contribution in [3.63, 3.8) is 0 Å². The number of carbonyl (C=O) groups is 1. The van der Waals surface area contributed by atoms with Gasteiger partial charge < -0.3 is 4.79 Å². The lowest BCUT2D eigenvalue weighted by Gasteiger charge is -2.09. The molecule has 0 N–H and O–H groups in total. The normalized spacial score (nSPS) is 13.8. The zero-order chi connectivity index (χ0) is 8.20. The monoisotopic (exact) mass is 199 g/mol. The summed E-state index contributed by atoms with van der Waals surface area (Å²) in [6.07, 6.45) is 0.427. The van der Waals surface area contributed by atoms with Crippen LogP contribution in [0.4, 0.5) is 0 Å². The van der Waals surface area contributed by atoms with Crippen molar-refractivity contribution in [1.29, 1.82) is 5.26 Å². The van der Waals surface area contributed by atoms with Crippen LogP contribution in [0.15, 0.2) is 0 Å². The quantitative estimate of drug-likeness (QED) is 0.515. The van der Waals surface area contributed by atoms with E-state index in [9.17, 15) is 4.79 Å². The Hall–Kier alpha value is 0.0300. The van der Waals surface area contributed by atoms with Crippen LogP contribution in [0.3, 0.4) is 0 Å². The Labute approximate surface area is 73.7 Å². The van der Waals surface area contributed by atoms with Crippen molar-refractivity contribution in [1.82, 2.24) is 0 Å². The molecular formula is C5H4Cl3NO. The van der Waals surface area contributed by atoms with Gasteiger partial charge in [0.2, 0.25) is 4.33 Å². The first-order chi connectivity index (χ1) is 4.52. The van der Waals surface area contributed by atoms with Gasteiger partial charge in [-0.2, -0.15) is 5.26 Å². The second kappa shape index (κ2) is 4.02. The number of halogens is 3. The molecule has 0 aromatic heterocycles. The lowest BCUT2D eigenvalue weighted by molar-refractivity contribution is -0.107. The molecule has 2 nitrogen and oxygen atoms in total. The van der Waals surface area contributed by atoms with Crippen LogP contribution in [0, 0.1) is 11.3 Å². The van der Waals surface area contributed by atoms with Crippen molar-refractivity contribution in [3.05, 3.63) is 0 Å². The number of rotatable bonds is 3. The van der Waals surface area contributed by atoms with E-state index in [-0.39, 0.29) is 6.42 Å². The highest BCUT2D eigenvalue weighted by atomic mass is 35.5. The number of nitrogens with zero attached hydrogens (tertiary/aromatic N) is 1. The molecule has 56 valence electrons. The topological polar surface area (TPSA) is 40.9 Å². The number of carbonyl (C=O) groups excluding carboxylic acids is 1. The van der Waals surface area contributed by atoms with Crippen LogP contribution in [-0.4, -0.2) is 16.0 Å². The third-order valence-electron chi connectivity index (χ3n) is 0.763. The van der Waals surface area contributed by atoms with Gasteiger partial charge in [0.25, 0.3) is 0 Å². The molecule has 0 amide bonds. The molecule has 0 radical (unpaired) electrons. The first kappa shape index (κ1) is 10.0. The molecule has 0 fully saturated rings. The lowest BCUT2D eigenvalue weighted by atomic mass is 10.2. The average molecular weight is 200 g/mol. The SMILES string of the molecule is N#CC(Cl)(Cl)CC(Cl)C=O. The summed E-state index contributed by atoms with van der Waals surface area (Å²) >= 11 is 16.1. The summed E-state index contributed by atoms with van der Waals surface area (Å²) in [5, 5.41) is 7.45. The van der Waals surface area contributed by atoms with E-state index in [1.54, 1.807) is 6.07 Å². The van der Waals surface area contributed by atoms with E-state index >= 15 is 0 Å².